The van der Waals surface area contributed by atoms with E-state index < -0.39 is 24.5 Å². The molecular weight excluding hydrogens is 559 g/mol. The number of alkyl halides is 2. The fourth-order valence-corrected chi connectivity index (χ4v) is 4.79. The maximum Gasteiger partial charge on any atom is 0.333 e. The van der Waals surface area contributed by atoms with E-state index in [4.69, 9.17) is 11.6 Å². The summed E-state index contributed by atoms with van der Waals surface area (Å²) >= 11 is 6.10. The number of aromatic nitrogens is 9. The van der Waals surface area contributed by atoms with Crippen molar-refractivity contribution in [3.63, 3.8) is 0 Å². The van der Waals surface area contributed by atoms with Crippen molar-refractivity contribution in [3.05, 3.63) is 114 Å². The molecule has 2 aromatic carbocycles. The van der Waals surface area contributed by atoms with Crippen molar-refractivity contribution in [1.29, 1.82) is 0 Å². The van der Waals surface area contributed by atoms with Gasteiger partial charge in [-0.1, -0.05) is 53.2 Å². The summed E-state index contributed by atoms with van der Waals surface area (Å²) in [5, 5.41) is 29.5. The fraction of sp³-hybridized carbons (Fsp3) is 0.111. The van der Waals surface area contributed by atoms with Gasteiger partial charge in [0.2, 0.25) is 0 Å². The maximum absolute atomic E-state index is 15.3. The first-order valence-corrected chi connectivity index (χ1v) is 12.6. The smallest absolute Gasteiger partial charge is 0.333 e. The summed E-state index contributed by atoms with van der Waals surface area (Å²) in [6, 6.07) is 15.8. The minimum absolute atomic E-state index is 0.0783. The zero-order chi connectivity index (χ0) is 28.5. The lowest BCUT2D eigenvalue weighted by molar-refractivity contribution is -0.659. The minimum atomic E-state index is -2.84. The second kappa shape index (κ2) is 10.9. The molecule has 4 aromatic heterocycles. The topological polar surface area (TPSA) is 114 Å². The lowest BCUT2D eigenvalue weighted by Crippen LogP contribution is -2.33. The highest BCUT2D eigenvalue weighted by Gasteiger charge is 2.28. The van der Waals surface area contributed by atoms with Crippen LogP contribution in [-0.4, -0.2) is 45.2 Å². The highest BCUT2D eigenvalue weighted by Crippen LogP contribution is 2.35. The van der Waals surface area contributed by atoms with Crippen molar-refractivity contribution in [2.24, 2.45) is 0 Å². The van der Waals surface area contributed by atoms with Gasteiger partial charge in [0, 0.05) is 29.7 Å². The lowest BCUT2D eigenvalue weighted by atomic mass is 9.98. The molecule has 0 saturated carbocycles. The molecule has 0 fully saturated rings. The highest BCUT2D eigenvalue weighted by molar-refractivity contribution is 6.31. The van der Waals surface area contributed by atoms with Crippen molar-refractivity contribution in [2.45, 2.75) is 18.7 Å². The van der Waals surface area contributed by atoms with E-state index in [9.17, 15) is 13.9 Å². The molecule has 0 bridgehead atoms. The number of halogens is 4. The van der Waals surface area contributed by atoms with E-state index in [0.717, 1.165) is 0 Å². The van der Waals surface area contributed by atoms with Crippen molar-refractivity contribution >= 4 is 11.6 Å². The Balaban J connectivity index is 1.43. The molecule has 0 aliphatic rings. The molecule has 0 unspecified atom stereocenters. The van der Waals surface area contributed by atoms with E-state index in [0.29, 0.717) is 32.8 Å². The molecule has 0 aliphatic heterocycles. The second-order valence-electron chi connectivity index (χ2n) is 8.98. The summed E-state index contributed by atoms with van der Waals surface area (Å²) in [6.07, 6.45) is 5.95. The van der Waals surface area contributed by atoms with Gasteiger partial charge in [0.15, 0.2) is 11.0 Å². The van der Waals surface area contributed by atoms with Crippen LogP contribution in [0.25, 0.3) is 28.1 Å². The number of benzene rings is 2. The number of aliphatic hydroxyl groups excluding tert-OH is 1. The summed E-state index contributed by atoms with van der Waals surface area (Å²) in [4.78, 5) is 4.57. The SMILES string of the molecule is O[C@@H](c1ccccc1)[C@H](c1ccc(-c2c(-[n+]3cnn[nH]3)ccc(Cl)c2F)cn1)n1cc(-c2ccnn2C(F)F)cn1. The zero-order valence-corrected chi connectivity index (χ0v) is 21.7. The third kappa shape index (κ3) is 4.96. The van der Waals surface area contributed by atoms with Crippen LogP contribution in [0.1, 0.15) is 30.0 Å². The summed E-state index contributed by atoms with van der Waals surface area (Å²) in [5.41, 5.74) is 2.49. The first-order chi connectivity index (χ1) is 19.9. The van der Waals surface area contributed by atoms with Gasteiger partial charge < -0.3 is 5.11 Å². The minimum Gasteiger partial charge on any atom is -0.386 e. The maximum atomic E-state index is 15.3. The molecule has 2 atom stereocenters. The summed E-state index contributed by atoms with van der Waals surface area (Å²) in [5.74, 6) is -0.658. The van der Waals surface area contributed by atoms with Crippen LogP contribution in [0.5, 0.6) is 0 Å². The van der Waals surface area contributed by atoms with Crippen LogP contribution in [-0.2, 0) is 0 Å². The first-order valence-electron chi connectivity index (χ1n) is 12.2. The molecule has 14 heteroatoms. The van der Waals surface area contributed by atoms with Gasteiger partial charge in [-0.15, -0.1) is 4.68 Å². The van der Waals surface area contributed by atoms with Gasteiger partial charge in [0.05, 0.1) is 28.2 Å². The third-order valence-corrected chi connectivity index (χ3v) is 6.86. The van der Waals surface area contributed by atoms with Gasteiger partial charge >= 0.3 is 6.55 Å². The Morgan fingerprint density at radius 3 is 2.49 bits per heavy atom. The number of hydrogen-bond acceptors (Lipinski definition) is 6. The van der Waals surface area contributed by atoms with E-state index >= 15 is 4.39 Å². The number of nitrogens with zero attached hydrogens (tertiary/aromatic N) is 8. The Kier molecular flexibility index (Phi) is 7.03. The van der Waals surface area contributed by atoms with Crippen molar-refractivity contribution in [2.75, 3.05) is 0 Å². The van der Waals surface area contributed by atoms with Crippen LogP contribution in [0.15, 0.2) is 91.8 Å². The number of tetrazole rings is 1. The van der Waals surface area contributed by atoms with Gasteiger partial charge in [0.25, 0.3) is 6.33 Å². The van der Waals surface area contributed by atoms with Crippen LogP contribution in [0, 0.1) is 5.82 Å². The Morgan fingerprint density at radius 1 is 0.951 bits per heavy atom. The van der Waals surface area contributed by atoms with Crippen molar-refractivity contribution in [1.82, 2.24) is 40.1 Å². The molecular formula is C27H20ClF3N9O+. The van der Waals surface area contributed by atoms with Crippen LogP contribution < -0.4 is 4.68 Å². The van der Waals surface area contributed by atoms with Crippen molar-refractivity contribution in [3.8, 4) is 28.1 Å². The Hall–Kier alpha value is -4.88. The lowest BCUT2D eigenvalue weighted by Gasteiger charge is -2.24. The summed E-state index contributed by atoms with van der Waals surface area (Å²) < 4.78 is 45.7. The number of rotatable bonds is 8. The Bertz CT molecular complexity index is 1770. The van der Waals surface area contributed by atoms with E-state index in [1.165, 1.54) is 46.4 Å². The van der Waals surface area contributed by atoms with Gasteiger partial charge in [-0.05, 0) is 29.8 Å². The van der Waals surface area contributed by atoms with Crippen molar-refractivity contribution < 1.29 is 23.0 Å². The molecule has 0 radical (unpaired) electrons. The molecule has 2 N–H and O–H groups in total. The van der Waals surface area contributed by atoms with E-state index in [-0.39, 0.29) is 16.3 Å². The zero-order valence-electron chi connectivity index (χ0n) is 20.9. The quantitative estimate of drug-likeness (QED) is 0.253. The molecule has 0 aliphatic carbocycles. The highest BCUT2D eigenvalue weighted by atomic mass is 35.5. The largest absolute Gasteiger partial charge is 0.386 e. The van der Waals surface area contributed by atoms with Crippen LogP contribution in [0.4, 0.5) is 13.2 Å². The Morgan fingerprint density at radius 2 is 1.78 bits per heavy atom. The predicted molar refractivity (Wildman–Crippen MR) is 140 cm³/mol. The number of hydrogen-bond donors (Lipinski definition) is 2. The van der Waals surface area contributed by atoms with E-state index in [1.54, 1.807) is 48.7 Å². The van der Waals surface area contributed by atoms with Gasteiger partial charge in [-0.25, -0.2) is 9.07 Å². The molecule has 10 nitrogen and oxygen atoms in total. The molecule has 0 saturated heterocycles. The summed E-state index contributed by atoms with van der Waals surface area (Å²) in [7, 11) is 0. The second-order valence-corrected chi connectivity index (χ2v) is 9.38. The summed E-state index contributed by atoms with van der Waals surface area (Å²) in [6.45, 7) is -2.84. The number of pyridine rings is 1. The molecule has 206 valence electrons. The van der Waals surface area contributed by atoms with Crippen LogP contribution in [0.3, 0.4) is 0 Å². The average Bonchev–Trinajstić information content (AvgIpc) is 3.78. The predicted octanol–water partition coefficient (Wildman–Crippen LogP) is 4.71. The van der Waals surface area contributed by atoms with Crippen LogP contribution in [0.2, 0.25) is 5.02 Å². The van der Waals surface area contributed by atoms with Gasteiger partial charge in [0.1, 0.15) is 22.9 Å². The molecule has 0 spiro atoms. The normalized spacial score (nSPS) is 13.0. The van der Waals surface area contributed by atoms with Crippen LogP contribution >= 0.6 is 11.6 Å². The third-order valence-electron chi connectivity index (χ3n) is 6.57. The number of H-pyrrole nitrogens is 1. The molecule has 41 heavy (non-hydrogen) atoms. The number of nitrogens with one attached hydrogen (secondary N) is 1. The van der Waals surface area contributed by atoms with E-state index in [1.807, 2.05) is 6.07 Å². The monoisotopic (exact) mass is 578 g/mol. The fourth-order valence-electron chi connectivity index (χ4n) is 4.63. The first kappa shape index (κ1) is 26.3. The number of aromatic amines is 1. The Labute approximate surface area is 235 Å². The van der Waals surface area contributed by atoms with E-state index in [2.05, 4.69) is 30.7 Å². The van der Waals surface area contributed by atoms with Gasteiger partial charge in [-0.3, -0.25) is 9.67 Å². The number of aliphatic hydroxyl groups is 1. The molecule has 6 aromatic rings. The van der Waals surface area contributed by atoms with Gasteiger partial charge in [-0.2, -0.15) is 19.0 Å². The molecule has 4 heterocycles. The molecule has 0 amide bonds. The average molecular weight is 579 g/mol. The standard InChI is InChI=1S/C27H19ClF3N9O/c28-19-7-9-22(39-15-33-36-37-39)23(24(19)29)17-6-8-20(32-12-17)25(26(41)16-4-2-1-3-5-16)38-14-18(13-35-38)21-10-11-34-40(21)27(30)31/h1-15,25-27,41H/p+1/t25-,26-/m0/s1. The molecule has 6 rings (SSSR count).